The van der Waals surface area contributed by atoms with Crippen LogP contribution < -0.4 is 0 Å². The van der Waals surface area contributed by atoms with Gasteiger partial charge in [0.05, 0.1) is 6.20 Å². The molecule has 0 aliphatic carbocycles. The molecule has 1 aromatic rings. The Balaban J connectivity index is 2.73. The van der Waals surface area contributed by atoms with Gasteiger partial charge in [0.15, 0.2) is 0 Å². The Labute approximate surface area is 101 Å². The highest BCUT2D eigenvalue weighted by atomic mass is 79.9. The van der Waals surface area contributed by atoms with Crippen molar-refractivity contribution in [2.24, 2.45) is 5.41 Å². The van der Waals surface area contributed by atoms with Crippen LogP contribution in [0.3, 0.4) is 0 Å². The second-order valence-corrected chi connectivity index (χ2v) is 4.78. The summed E-state index contributed by atoms with van der Waals surface area (Å²) in [6.07, 6.45) is 7.73. The van der Waals surface area contributed by atoms with Gasteiger partial charge in [-0.25, -0.2) is 0 Å². The molecule has 0 unspecified atom stereocenters. The lowest BCUT2D eigenvalue weighted by atomic mass is 9.79. The van der Waals surface area contributed by atoms with Crippen molar-refractivity contribution in [3.8, 4) is 0 Å². The Morgan fingerprint density at radius 3 is 2.40 bits per heavy atom. The van der Waals surface area contributed by atoms with Crippen LogP contribution in [-0.4, -0.2) is 15.1 Å². The first-order chi connectivity index (χ1) is 7.19. The molecule has 86 valence electrons. The topological polar surface area (TPSA) is 17.8 Å². The zero-order chi connectivity index (χ0) is 11.3. The predicted octanol–water partition coefficient (Wildman–Crippen LogP) is 3.65. The van der Waals surface area contributed by atoms with E-state index < -0.39 is 0 Å². The van der Waals surface area contributed by atoms with Gasteiger partial charge >= 0.3 is 0 Å². The summed E-state index contributed by atoms with van der Waals surface area (Å²) in [5, 5.41) is 5.40. The normalized spacial score (nSPS) is 12.0. The fourth-order valence-electron chi connectivity index (χ4n) is 1.84. The second-order valence-electron chi connectivity index (χ2n) is 4.22. The van der Waals surface area contributed by atoms with Crippen LogP contribution in [0.2, 0.25) is 0 Å². The summed E-state index contributed by atoms with van der Waals surface area (Å²) >= 11 is 3.65. The summed E-state index contributed by atoms with van der Waals surface area (Å²) in [6, 6.07) is 0. The van der Waals surface area contributed by atoms with E-state index in [-0.39, 0.29) is 0 Å². The number of alkyl halides is 1. The SMILES string of the molecule is CCn1cc(CC(CC)(CC)CBr)cn1. The fraction of sp³-hybridized carbons (Fsp3) is 0.750. The van der Waals surface area contributed by atoms with Crippen molar-refractivity contribution in [1.82, 2.24) is 9.78 Å². The van der Waals surface area contributed by atoms with E-state index >= 15 is 0 Å². The highest BCUT2D eigenvalue weighted by Crippen LogP contribution is 2.32. The van der Waals surface area contributed by atoms with E-state index in [1.807, 2.05) is 10.9 Å². The van der Waals surface area contributed by atoms with Crippen LogP contribution in [-0.2, 0) is 13.0 Å². The molecule has 15 heavy (non-hydrogen) atoms. The van der Waals surface area contributed by atoms with Crippen LogP contribution in [0.1, 0.15) is 39.2 Å². The molecule has 0 amide bonds. The molecule has 2 nitrogen and oxygen atoms in total. The first-order valence-electron chi connectivity index (χ1n) is 5.77. The molecular weight excluding hydrogens is 252 g/mol. The Bertz CT molecular complexity index is 281. The molecule has 0 N–H and O–H groups in total. The summed E-state index contributed by atoms with van der Waals surface area (Å²) < 4.78 is 2.00. The maximum Gasteiger partial charge on any atom is 0.0521 e. The van der Waals surface area contributed by atoms with E-state index in [4.69, 9.17) is 0 Å². The summed E-state index contributed by atoms with van der Waals surface area (Å²) in [4.78, 5) is 0. The molecule has 1 heterocycles. The van der Waals surface area contributed by atoms with E-state index in [0.29, 0.717) is 5.41 Å². The molecule has 0 bridgehead atoms. The van der Waals surface area contributed by atoms with Gasteiger partial charge in [0.2, 0.25) is 0 Å². The van der Waals surface area contributed by atoms with Gasteiger partial charge in [0.1, 0.15) is 0 Å². The van der Waals surface area contributed by atoms with Gasteiger partial charge in [0.25, 0.3) is 0 Å². The molecule has 0 saturated carbocycles. The first-order valence-corrected chi connectivity index (χ1v) is 6.89. The van der Waals surface area contributed by atoms with Crippen molar-refractivity contribution < 1.29 is 0 Å². The summed E-state index contributed by atoms with van der Waals surface area (Å²) in [6.45, 7) is 7.62. The molecule has 1 aromatic heterocycles. The molecule has 0 atom stereocenters. The van der Waals surface area contributed by atoms with Crippen molar-refractivity contribution in [3.63, 3.8) is 0 Å². The Hall–Kier alpha value is -0.310. The number of aryl methyl sites for hydroxylation is 1. The van der Waals surface area contributed by atoms with Crippen molar-refractivity contribution in [1.29, 1.82) is 0 Å². The monoisotopic (exact) mass is 272 g/mol. The van der Waals surface area contributed by atoms with Gasteiger partial charge in [-0.1, -0.05) is 29.8 Å². The number of nitrogens with zero attached hydrogens (tertiary/aromatic N) is 2. The Morgan fingerprint density at radius 1 is 1.33 bits per heavy atom. The van der Waals surface area contributed by atoms with Gasteiger partial charge in [-0.3, -0.25) is 4.68 Å². The van der Waals surface area contributed by atoms with E-state index in [0.717, 1.165) is 18.3 Å². The van der Waals surface area contributed by atoms with E-state index in [2.05, 4.69) is 48.0 Å². The lowest BCUT2D eigenvalue weighted by molar-refractivity contribution is 0.307. The summed E-state index contributed by atoms with van der Waals surface area (Å²) in [7, 11) is 0. The molecule has 0 radical (unpaired) electrons. The number of rotatable bonds is 6. The van der Waals surface area contributed by atoms with Crippen LogP contribution in [0.5, 0.6) is 0 Å². The first kappa shape index (κ1) is 12.8. The molecule has 0 aliphatic rings. The minimum absolute atomic E-state index is 0.404. The van der Waals surface area contributed by atoms with Crippen LogP contribution in [0.4, 0.5) is 0 Å². The molecule has 0 saturated heterocycles. The summed E-state index contributed by atoms with van der Waals surface area (Å²) in [5.74, 6) is 0. The van der Waals surface area contributed by atoms with Crippen molar-refractivity contribution in [2.45, 2.75) is 46.6 Å². The van der Waals surface area contributed by atoms with Gasteiger partial charge in [-0.05, 0) is 37.2 Å². The summed E-state index contributed by atoms with van der Waals surface area (Å²) in [5.41, 5.74) is 1.77. The minimum Gasteiger partial charge on any atom is -0.273 e. The average molecular weight is 273 g/mol. The number of hydrogen-bond acceptors (Lipinski definition) is 1. The molecular formula is C12H21BrN2. The van der Waals surface area contributed by atoms with Crippen molar-refractivity contribution >= 4 is 15.9 Å². The number of aromatic nitrogens is 2. The molecule has 3 heteroatoms. The van der Waals surface area contributed by atoms with Gasteiger partial charge in [-0.2, -0.15) is 5.10 Å². The smallest absolute Gasteiger partial charge is 0.0521 e. The van der Waals surface area contributed by atoms with Gasteiger partial charge < -0.3 is 0 Å². The zero-order valence-corrected chi connectivity index (χ0v) is 11.5. The maximum absolute atomic E-state index is 4.32. The third-order valence-electron chi connectivity index (χ3n) is 3.37. The Kier molecular flexibility index (Phi) is 4.84. The van der Waals surface area contributed by atoms with Crippen LogP contribution in [0, 0.1) is 5.41 Å². The van der Waals surface area contributed by atoms with Gasteiger partial charge in [-0.15, -0.1) is 0 Å². The van der Waals surface area contributed by atoms with Gasteiger partial charge in [0, 0.05) is 18.1 Å². The third-order valence-corrected chi connectivity index (χ3v) is 4.56. The highest BCUT2D eigenvalue weighted by Gasteiger charge is 2.25. The highest BCUT2D eigenvalue weighted by molar-refractivity contribution is 9.09. The standard InChI is InChI=1S/C12H21BrN2/c1-4-12(5-2,10-13)7-11-8-14-15(6-3)9-11/h8-9H,4-7,10H2,1-3H3. The lowest BCUT2D eigenvalue weighted by Gasteiger charge is -2.28. The average Bonchev–Trinajstić information content (AvgIpc) is 2.73. The van der Waals surface area contributed by atoms with Crippen LogP contribution >= 0.6 is 15.9 Å². The third kappa shape index (κ3) is 3.07. The maximum atomic E-state index is 4.32. The molecule has 1 rings (SSSR count). The van der Waals surface area contributed by atoms with Crippen LogP contribution in [0.15, 0.2) is 12.4 Å². The van der Waals surface area contributed by atoms with Crippen molar-refractivity contribution in [3.05, 3.63) is 18.0 Å². The Morgan fingerprint density at radius 2 is 2.00 bits per heavy atom. The van der Waals surface area contributed by atoms with E-state index in [9.17, 15) is 0 Å². The molecule has 0 aliphatic heterocycles. The molecule has 0 spiro atoms. The molecule has 0 fully saturated rings. The minimum atomic E-state index is 0.404. The lowest BCUT2D eigenvalue weighted by Crippen LogP contribution is -2.23. The largest absolute Gasteiger partial charge is 0.273 e. The quantitative estimate of drug-likeness (QED) is 0.723. The second kappa shape index (κ2) is 5.69. The zero-order valence-electron chi connectivity index (χ0n) is 9.96. The van der Waals surface area contributed by atoms with E-state index in [1.54, 1.807) is 0 Å². The number of halogens is 1. The van der Waals surface area contributed by atoms with Crippen LogP contribution in [0.25, 0.3) is 0 Å². The van der Waals surface area contributed by atoms with E-state index in [1.165, 1.54) is 18.4 Å². The predicted molar refractivity (Wildman–Crippen MR) is 68.4 cm³/mol. The molecule has 0 aromatic carbocycles. The number of hydrogen-bond donors (Lipinski definition) is 0. The van der Waals surface area contributed by atoms with Crippen molar-refractivity contribution in [2.75, 3.05) is 5.33 Å². The fourth-order valence-corrected chi connectivity index (χ4v) is 2.83.